The molecule has 8 heteroatoms. The zero-order chi connectivity index (χ0) is 14.8. The number of aromatic nitrogens is 2. The summed E-state index contributed by atoms with van der Waals surface area (Å²) < 4.78 is 22.0. The average molecular weight is 295 g/mol. The van der Waals surface area contributed by atoms with Crippen molar-refractivity contribution < 1.29 is 13.2 Å². The summed E-state index contributed by atoms with van der Waals surface area (Å²) in [5, 5.41) is 9.21. The van der Waals surface area contributed by atoms with E-state index in [4.69, 9.17) is 0 Å². The Morgan fingerprint density at radius 1 is 1.30 bits per heavy atom. The van der Waals surface area contributed by atoms with E-state index >= 15 is 0 Å². The van der Waals surface area contributed by atoms with Crippen molar-refractivity contribution in [1.82, 2.24) is 15.5 Å². The molecule has 0 fully saturated rings. The molecule has 2 rings (SSSR count). The summed E-state index contributed by atoms with van der Waals surface area (Å²) in [5.74, 6) is -0.680. The Kier molecular flexibility index (Phi) is 3.84. The van der Waals surface area contributed by atoms with Gasteiger partial charge in [0.15, 0.2) is 5.69 Å². The first-order valence-electron chi connectivity index (χ1n) is 5.82. The Hall–Kier alpha value is -2.22. The van der Waals surface area contributed by atoms with Crippen molar-refractivity contribution in [2.45, 2.75) is 0 Å². The van der Waals surface area contributed by atoms with Crippen molar-refractivity contribution in [3.63, 3.8) is 0 Å². The number of nitrogens with one attached hydrogen (secondary N) is 2. The molecule has 1 heterocycles. The van der Waals surface area contributed by atoms with Gasteiger partial charge in [0.25, 0.3) is 11.5 Å². The molecule has 0 unspecified atom stereocenters. The molecule has 0 aliphatic rings. The standard InChI is InChI=1S/C12H13N3O4S/c1-20(18,19)7-6-13-12(17)10-8-4-2-3-5-9(8)11(16)15-14-10/h2-5H,6-7H2,1H3,(H,13,17)(H,15,16). The average Bonchev–Trinajstić information content (AvgIpc) is 2.38. The summed E-state index contributed by atoms with van der Waals surface area (Å²) in [6.45, 7) is -0.00714. The third kappa shape index (κ3) is 3.21. The maximum absolute atomic E-state index is 12.0. The zero-order valence-electron chi connectivity index (χ0n) is 10.7. The summed E-state index contributed by atoms with van der Waals surface area (Å²) >= 11 is 0. The fourth-order valence-corrected chi connectivity index (χ4v) is 2.19. The number of carbonyl (C=O) groups excluding carboxylic acids is 1. The largest absolute Gasteiger partial charge is 0.350 e. The number of fused-ring (bicyclic) bond motifs is 1. The van der Waals surface area contributed by atoms with Gasteiger partial charge in [0, 0.05) is 18.2 Å². The SMILES string of the molecule is CS(=O)(=O)CCNC(=O)c1n[nH]c(=O)c2ccccc12. The first-order chi connectivity index (χ1) is 9.38. The normalized spacial score (nSPS) is 11.4. The van der Waals surface area contributed by atoms with E-state index in [1.165, 1.54) is 0 Å². The molecule has 0 aliphatic carbocycles. The van der Waals surface area contributed by atoms with Crippen LogP contribution in [0.5, 0.6) is 0 Å². The number of nitrogens with zero attached hydrogens (tertiary/aromatic N) is 1. The number of H-pyrrole nitrogens is 1. The minimum atomic E-state index is -3.14. The summed E-state index contributed by atoms with van der Waals surface area (Å²) in [6, 6.07) is 6.58. The van der Waals surface area contributed by atoms with E-state index in [-0.39, 0.29) is 23.6 Å². The second-order valence-electron chi connectivity index (χ2n) is 4.33. The molecular formula is C12H13N3O4S. The lowest BCUT2D eigenvalue weighted by Gasteiger charge is -2.06. The van der Waals surface area contributed by atoms with Gasteiger partial charge in [-0.25, -0.2) is 13.5 Å². The van der Waals surface area contributed by atoms with Crippen LogP contribution in [0.15, 0.2) is 29.1 Å². The van der Waals surface area contributed by atoms with Crippen LogP contribution in [0.3, 0.4) is 0 Å². The fourth-order valence-electron chi connectivity index (χ4n) is 1.72. The number of aromatic amines is 1. The topological polar surface area (TPSA) is 109 Å². The molecule has 20 heavy (non-hydrogen) atoms. The third-order valence-electron chi connectivity index (χ3n) is 2.67. The number of hydrogen-bond donors (Lipinski definition) is 2. The molecule has 0 bridgehead atoms. The Labute approximate surface area is 114 Å². The molecule has 2 aromatic rings. The van der Waals surface area contributed by atoms with Crippen LogP contribution in [-0.4, -0.2) is 43.1 Å². The van der Waals surface area contributed by atoms with Gasteiger partial charge in [-0.05, 0) is 6.07 Å². The molecule has 0 saturated carbocycles. The van der Waals surface area contributed by atoms with E-state index in [2.05, 4.69) is 15.5 Å². The highest BCUT2D eigenvalue weighted by Gasteiger charge is 2.14. The van der Waals surface area contributed by atoms with Crippen LogP contribution in [0.4, 0.5) is 0 Å². The molecule has 7 nitrogen and oxygen atoms in total. The third-order valence-corrected chi connectivity index (χ3v) is 3.62. The van der Waals surface area contributed by atoms with E-state index in [9.17, 15) is 18.0 Å². The van der Waals surface area contributed by atoms with Gasteiger partial charge in [0.2, 0.25) is 0 Å². The quantitative estimate of drug-likeness (QED) is 0.804. The van der Waals surface area contributed by atoms with Crippen LogP contribution >= 0.6 is 0 Å². The monoisotopic (exact) mass is 295 g/mol. The second kappa shape index (κ2) is 5.41. The number of carbonyl (C=O) groups is 1. The van der Waals surface area contributed by atoms with Gasteiger partial charge in [-0.3, -0.25) is 9.59 Å². The summed E-state index contributed by atoms with van der Waals surface area (Å²) in [4.78, 5) is 23.5. The van der Waals surface area contributed by atoms with Gasteiger partial charge >= 0.3 is 0 Å². The molecular weight excluding hydrogens is 282 g/mol. The highest BCUT2D eigenvalue weighted by Crippen LogP contribution is 2.11. The highest BCUT2D eigenvalue weighted by atomic mass is 32.2. The Morgan fingerprint density at radius 2 is 1.95 bits per heavy atom. The number of hydrogen-bond acceptors (Lipinski definition) is 5. The minimum Gasteiger partial charge on any atom is -0.350 e. The van der Waals surface area contributed by atoms with E-state index in [1.807, 2.05) is 0 Å². The smallest absolute Gasteiger partial charge is 0.272 e. The molecule has 1 aromatic heterocycles. The maximum Gasteiger partial charge on any atom is 0.272 e. The lowest BCUT2D eigenvalue weighted by molar-refractivity contribution is 0.0952. The van der Waals surface area contributed by atoms with Crippen LogP contribution < -0.4 is 10.9 Å². The summed E-state index contributed by atoms with van der Waals surface area (Å²) in [5.41, 5.74) is -0.318. The van der Waals surface area contributed by atoms with Crippen LogP contribution in [0.25, 0.3) is 10.8 Å². The van der Waals surface area contributed by atoms with Crippen LogP contribution in [0.1, 0.15) is 10.5 Å². The van der Waals surface area contributed by atoms with Gasteiger partial charge in [-0.15, -0.1) is 0 Å². The van der Waals surface area contributed by atoms with Crippen LogP contribution in [0.2, 0.25) is 0 Å². The molecule has 0 aliphatic heterocycles. The van der Waals surface area contributed by atoms with E-state index < -0.39 is 15.7 Å². The number of sulfone groups is 1. The second-order valence-corrected chi connectivity index (χ2v) is 6.59. The molecule has 2 N–H and O–H groups in total. The zero-order valence-corrected chi connectivity index (χ0v) is 11.5. The van der Waals surface area contributed by atoms with Crippen molar-refractivity contribution in [2.75, 3.05) is 18.6 Å². The number of rotatable bonds is 4. The Bertz CT molecular complexity index is 811. The Morgan fingerprint density at radius 3 is 2.60 bits per heavy atom. The predicted octanol–water partition coefficient (Wildman–Crippen LogP) is -0.302. The molecule has 0 saturated heterocycles. The molecule has 0 spiro atoms. The van der Waals surface area contributed by atoms with Crippen molar-refractivity contribution in [3.8, 4) is 0 Å². The predicted molar refractivity (Wildman–Crippen MR) is 74.4 cm³/mol. The van der Waals surface area contributed by atoms with Gasteiger partial charge < -0.3 is 5.32 Å². The Balaban J connectivity index is 2.27. The van der Waals surface area contributed by atoms with E-state index in [0.717, 1.165) is 6.26 Å². The van der Waals surface area contributed by atoms with Gasteiger partial charge in [0.05, 0.1) is 11.1 Å². The molecule has 1 aromatic carbocycles. The van der Waals surface area contributed by atoms with E-state index in [0.29, 0.717) is 10.8 Å². The fraction of sp³-hybridized carbons (Fsp3) is 0.250. The van der Waals surface area contributed by atoms with E-state index in [1.54, 1.807) is 24.3 Å². The van der Waals surface area contributed by atoms with Crippen molar-refractivity contribution in [3.05, 3.63) is 40.3 Å². The van der Waals surface area contributed by atoms with Gasteiger partial charge in [-0.1, -0.05) is 18.2 Å². The van der Waals surface area contributed by atoms with Gasteiger partial charge in [-0.2, -0.15) is 5.10 Å². The lowest BCUT2D eigenvalue weighted by atomic mass is 10.1. The van der Waals surface area contributed by atoms with Gasteiger partial charge in [0.1, 0.15) is 9.84 Å². The summed E-state index contributed by atoms with van der Waals surface area (Å²) in [6.07, 6.45) is 1.09. The van der Waals surface area contributed by atoms with Crippen LogP contribution in [0, 0.1) is 0 Å². The molecule has 106 valence electrons. The van der Waals surface area contributed by atoms with Crippen molar-refractivity contribution in [2.24, 2.45) is 0 Å². The van der Waals surface area contributed by atoms with Crippen LogP contribution in [-0.2, 0) is 9.84 Å². The summed E-state index contributed by atoms with van der Waals surface area (Å²) in [7, 11) is -3.14. The number of amides is 1. The highest BCUT2D eigenvalue weighted by molar-refractivity contribution is 7.90. The maximum atomic E-state index is 12.0. The number of benzene rings is 1. The first kappa shape index (κ1) is 14.2. The lowest BCUT2D eigenvalue weighted by Crippen LogP contribution is -2.30. The molecule has 0 radical (unpaired) electrons. The minimum absolute atomic E-state index is 0.00714. The first-order valence-corrected chi connectivity index (χ1v) is 7.88. The van der Waals surface area contributed by atoms with Crippen molar-refractivity contribution >= 4 is 26.5 Å². The van der Waals surface area contributed by atoms with Crippen molar-refractivity contribution in [1.29, 1.82) is 0 Å². The molecule has 1 amide bonds. The molecule has 0 atom stereocenters.